The highest BCUT2D eigenvalue weighted by Gasteiger charge is 2.33. The molecule has 0 amide bonds. The molecule has 352 valence electrons. The fourth-order valence-electron chi connectivity index (χ4n) is 5.73. The second-order valence-electron chi connectivity index (χ2n) is 17.5. The Morgan fingerprint density at radius 3 is 1.03 bits per heavy atom. The predicted molar refractivity (Wildman–Crippen MR) is 222 cm³/mol. The molecule has 1 fully saturated rings. The van der Waals surface area contributed by atoms with Crippen LogP contribution in [-0.4, -0.2) is 150 Å². The number of quaternary nitrogens is 2. The minimum atomic E-state index is -4.44. The number of hydrogen-bond acceptors (Lipinski definition) is 16. The third kappa shape index (κ3) is 34.9. The number of phosphoric ester groups is 2. The molecular formula is C40H78N2O16P2+2. The molecule has 1 rings (SSSR count). The largest absolute Gasteiger partial charge is 0.606 e. The van der Waals surface area contributed by atoms with E-state index in [1.54, 1.807) is 0 Å². The number of hydrogen-bond donors (Lipinski definition) is 2. The van der Waals surface area contributed by atoms with Gasteiger partial charge in [0, 0.05) is 25.7 Å². The molecule has 2 N–H and O–H groups in total. The monoisotopic (exact) mass is 904 g/mol. The van der Waals surface area contributed by atoms with Crippen molar-refractivity contribution in [3.63, 3.8) is 0 Å². The Morgan fingerprint density at radius 2 is 0.750 bits per heavy atom. The minimum Gasteiger partial charge on any atom is -0.606 e. The fourth-order valence-corrected chi connectivity index (χ4v) is 7.21. The lowest BCUT2D eigenvalue weighted by Crippen LogP contribution is -2.38. The van der Waals surface area contributed by atoms with Gasteiger partial charge in [-0.1, -0.05) is 77.0 Å². The second-order valence-corrected chi connectivity index (χ2v) is 20.4. The van der Waals surface area contributed by atoms with E-state index in [2.05, 4.69) is 0 Å². The van der Waals surface area contributed by atoms with Gasteiger partial charge in [-0.25, -0.2) is 0 Å². The van der Waals surface area contributed by atoms with Crippen LogP contribution in [0.4, 0.5) is 0 Å². The van der Waals surface area contributed by atoms with E-state index in [4.69, 9.17) is 37.0 Å². The molecule has 0 aromatic carbocycles. The molecule has 20 heteroatoms. The number of nitrogens with zero attached hydrogens (tertiary/aromatic N) is 2. The lowest BCUT2D eigenvalue weighted by atomic mass is 10.1. The normalized spacial score (nSPS) is 23.3. The molecule has 1 heterocycles. The zero-order valence-corrected chi connectivity index (χ0v) is 39.1. The number of carbonyl (C=O) groups excluding carboxylic acids is 4. The van der Waals surface area contributed by atoms with Crippen LogP contribution >= 0.6 is 16.3 Å². The molecule has 0 aromatic heterocycles. The van der Waals surface area contributed by atoms with Crippen LogP contribution in [0.1, 0.15) is 128 Å². The van der Waals surface area contributed by atoms with Crippen molar-refractivity contribution in [1.29, 1.82) is 0 Å². The first-order valence-electron chi connectivity index (χ1n) is 21.7. The number of esters is 4. The Bertz CT molecular complexity index is 1110. The Balaban J connectivity index is 2.73. The first-order chi connectivity index (χ1) is 28.1. The summed E-state index contributed by atoms with van der Waals surface area (Å²) in [5.41, 5.74) is 0. The third-order valence-electron chi connectivity index (χ3n) is 9.36. The van der Waals surface area contributed by atoms with E-state index in [9.17, 15) is 38.8 Å². The maximum absolute atomic E-state index is 12.7. The average molecular weight is 905 g/mol. The van der Waals surface area contributed by atoms with E-state index in [0.29, 0.717) is 47.7 Å². The van der Waals surface area contributed by atoms with Gasteiger partial charge in [-0.2, -0.15) is 27.9 Å². The summed E-state index contributed by atoms with van der Waals surface area (Å²) in [7, 11) is 2.58. The van der Waals surface area contributed by atoms with Gasteiger partial charge in [-0.05, 0) is 25.7 Å². The Hall–Kier alpha value is -1.66. The van der Waals surface area contributed by atoms with Crippen LogP contribution in [0.15, 0.2) is 0 Å². The van der Waals surface area contributed by atoms with Crippen LogP contribution in [-0.2, 0) is 56.2 Å². The molecule has 4 atom stereocenters. The molecule has 18 nitrogen and oxygen atoms in total. The van der Waals surface area contributed by atoms with E-state index >= 15 is 0 Å². The number of likely N-dealkylation sites (N-methyl/N-ethyl adjacent to an activating group) is 2. The van der Waals surface area contributed by atoms with Crippen molar-refractivity contribution in [2.75, 3.05) is 95.0 Å². The topological polar surface area (TPSA) is 229 Å². The van der Waals surface area contributed by atoms with Crippen LogP contribution in [0.3, 0.4) is 0 Å². The maximum atomic E-state index is 12.7. The molecule has 1 aliphatic rings. The molecule has 0 radical (unpaired) electrons. The molecule has 0 aliphatic carbocycles. The first kappa shape index (κ1) is 56.4. The maximum Gasteiger partial charge on any atom is 0.377 e. The zero-order chi connectivity index (χ0) is 44.9. The smallest absolute Gasteiger partial charge is 0.377 e. The predicted octanol–water partition coefficient (Wildman–Crippen LogP) is 4.25. The van der Waals surface area contributed by atoms with Crippen molar-refractivity contribution in [3.05, 3.63) is 0 Å². The zero-order valence-electron chi connectivity index (χ0n) is 37.4. The quantitative estimate of drug-likeness (QED) is 0.107. The van der Waals surface area contributed by atoms with Gasteiger partial charge >= 0.3 is 40.2 Å². The van der Waals surface area contributed by atoms with Crippen molar-refractivity contribution in [2.45, 2.75) is 141 Å². The van der Waals surface area contributed by atoms with Gasteiger partial charge in [-0.3, -0.25) is 19.2 Å². The number of rotatable bonds is 14. The standard InChI is InChI=1S/C40H76N2O16P2/c1-41(2,3)27-29-53-59(47,48)55-33-35-31-51-37(43)23-19-15-11-7-8-12-16-20-24-38(44)52-32-36(34-56-60(49,50)54-30-28-42(4,5)6)58-40(46)26-22-18-14-10-9-13-17-21-25-39(45)57-35/h35-36H,7-34H2,1-6H3/p+2/t35-,36-/m1/s1. The van der Waals surface area contributed by atoms with E-state index in [1.807, 2.05) is 42.3 Å². The number of phosphoric acid groups is 2. The van der Waals surface area contributed by atoms with E-state index in [1.165, 1.54) is 0 Å². The number of cyclic esters (lactones) is 4. The fraction of sp³-hybridized carbons (Fsp3) is 0.900. The molecule has 0 bridgehead atoms. The van der Waals surface area contributed by atoms with E-state index in [-0.39, 0.29) is 52.1 Å². The lowest BCUT2D eigenvalue weighted by molar-refractivity contribution is -0.870. The number of ether oxygens (including phenoxy) is 4. The van der Waals surface area contributed by atoms with Gasteiger partial charge in [0.2, 0.25) is 0 Å². The van der Waals surface area contributed by atoms with Crippen LogP contribution in [0, 0.1) is 0 Å². The molecule has 0 saturated carbocycles. The van der Waals surface area contributed by atoms with Crippen molar-refractivity contribution in [3.8, 4) is 0 Å². The average Bonchev–Trinajstić information content (AvgIpc) is 3.13. The molecule has 60 heavy (non-hydrogen) atoms. The highest BCUT2D eigenvalue weighted by molar-refractivity contribution is 7.53. The molecule has 1 saturated heterocycles. The minimum absolute atomic E-state index is 0.0214. The van der Waals surface area contributed by atoms with Gasteiger partial charge in [0.15, 0.2) is 12.2 Å². The third-order valence-corrected chi connectivity index (χ3v) is 11.3. The summed E-state index contributed by atoms with van der Waals surface area (Å²) in [4.78, 5) is 95.6. The summed E-state index contributed by atoms with van der Waals surface area (Å²) < 4.78 is 43.1. The summed E-state index contributed by atoms with van der Waals surface area (Å²) in [5.74, 6) is -1.99. The molecule has 1 aliphatic heterocycles. The molecule has 2 unspecified atom stereocenters. The molecule has 0 aromatic rings. The molecule has 0 spiro atoms. The summed E-state index contributed by atoms with van der Waals surface area (Å²) in [6.45, 7) is -0.711. The van der Waals surface area contributed by atoms with Crippen molar-refractivity contribution >= 4 is 40.2 Å². The van der Waals surface area contributed by atoms with Crippen molar-refractivity contribution in [1.82, 2.24) is 0 Å². The van der Waals surface area contributed by atoms with Gasteiger partial charge in [-0.15, -0.1) is 0 Å². The van der Waals surface area contributed by atoms with E-state index in [0.717, 1.165) is 77.0 Å². The van der Waals surface area contributed by atoms with Gasteiger partial charge < -0.3 is 37.7 Å². The summed E-state index contributed by atoms with van der Waals surface area (Å²) >= 11 is 0. The van der Waals surface area contributed by atoms with Gasteiger partial charge in [0.1, 0.15) is 52.7 Å². The van der Waals surface area contributed by atoms with Crippen LogP contribution in [0.25, 0.3) is 0 Å². The van der Waals surface area contributed by atoms with Crippen molar-refractivity contribution in [2.24, 2.45) is 0 Å². The Morgan fingerprint density at radius 1 is 0.483 bits per heavy atom. The molecular weight excluding hydrogens is 826 g/mol. The van der Waals surface area contributed by atoms with E-state index < -0.39 is 65.6 Å². The summed E-state index contributed by atoms with van der Waals surface area (Å²) in [6.07, 6.45) is 11.3. The Labute approximate surface area is 359 Å². The SMILES string of the molecule is C[N+](C)(C)CCO[P+]([O-])(O)OC[C@H]1COC(=O)CCCCCCCCCCC(=O)OC[C@H](CO[P+]([O-])(O)OCC[N+](C)(C)C)OC(=O)CCCCCCCCCCC(=O)O1. The highest BCUT2D eigenvalue weighted by Crippen LogP contribution is 2.48. The number of carbonyl (C=O) groups is 4. The Kier molecular flexibility index (Phi) is 29.3. The van der Waals surface area contributed by atoms with Crippen LogP contribution in [0.5, 0.6) is 0 Å². The van der Waals surface area contributed by atoms with Crippen LogP contribution < -0.4 is 9.79 Å². The van der Waals surface area contributed by atoms with Crippen molar-refractivity contribution < 1.29 is 84.8 Å². The van der Waals surface area contributed by atoms with Gasteiger partial charge in [0.05, 0.1) is 42.3 Å². The second kappa shape index (κ2) is 31.2. The summed E-state index contributed by atoms with van der Waals surface area (Å²) in [6, 6.07) is 0. The highest BCUT2D eigenvalue weighted by atomic mass is 31.2. The van der Waals surface area contributed by atoms with Gasteiger partial charge in [0.25, 0.3) is 0 Å². The lowest BCUT2D eigenvalue weighted by Gasteiger charge is -2.26. The first-order valence-corrected chi connectivity index (χ1v) is 24.7. The summed E-state index contributed by atoms with van der Waals surface area (Å²) in [5, 5.41) is 0. The van der Waals surface area contributed by atoms with Crippen LogP contribution in [0.2, 0.25) is 0 Å².